The SMILES string of the molecule is CCCN(CC)C[C@@H](C)NC(=O)c1cc(N2C[C@@H](C)O[C@@H](C)C2)ccn1. The largest absolute Gasteiger partial charge is 0.372 e. The van der Waals surface area contributed by atoms with Gasteiger partial charge in [-0.05, 0) is 52.4 Å². The summed E-state index contributed by atoms with van der Waals surface area (Å²) < 4.78 is 5.79. The molecule has 0 bridgehead atoms. The first-order chi connectivity index (χ1) is 12.4. The average molecular weight is 363 g/mol. The van der Waals surface area contributed by atoms with Gasteiger partial charge in [-0.3, -0.25) is 9.78 Å². The molecule has 1 fully saturated rings. The van der Waals surface area contributed by atoms with Crippen LogP contribution < -0.4 is 10.2 Å². The summed E-state index contributed by atoms with van der Waals surface area (Å²) in [5, 5.41) is 3.08. The molecule has 0 saturated carbocycles. The average Bonchev–Trinajstić information content (AvgIpc) is 2.60. The van der Waals surface area contributed by atoms with Gasteiger partial charge in [0.1, 0.15) is 5.69 Å². The van der Waals surface area contributed by atoms with Crippen LogP contribution in [0.1, 0.15) is 51.5 Å². The number of rotatable bonds is 8. The van der Waals surface area contributed by atoms with Gasteiger partial charge in [-0.2, -0.15) is 0 Å². The molecule has 1 N–H and O–H groups in total. The van der Waals surface area contributed by atoms with E-state index in [0.717, 1.165) is 44.8 Å². The highest BCUT2D eigenvalue weighted by Crippen LogP contribution is 2.20. The summed E-state index contributed by atoms with van der Waals surface area (Å²) in [4.78, 5) is 21.5. The van der Waals surface area contributed by atoms with E-state index < -0.39 is 0 Å². The number of amides is 1. The monoisotopic (exact) mass is 362 g/mol. The van der Waals surface area contributed by atoms with Gasteiger partial charge in [0.15, 0.2) is 0 Å². The van der Waals surface area contributed by atoms with Crippen LogP contribution in [0.5, 0.6) is 0 Å². The lowest BCUT2D eigenvalue weighted by atomic mass is 10.2. The van der Waals surface area contributed by atoms with Crippen molar-refractivity contribution in [1.29, 1.82) is 0 Å². The van der Waals surface area contributed by atoms with E-state index in [1.807, 2.05) is 19.1 Å². The number of pyridine rings is 1. The van der Waals surface area contributed by atoms with Crippen molar-refractivity contribution in [3.8, 4) is 0 Å². The minimum Gasteiger partial charge on any atom is -0.372 e. The molecule has 0 aliphatic carbocycles. The summed E-state index contributed by atoms with van der Waals surface area (Å²) >= 11 is 0. The van der Waals surface area contributed by atoms with Crippen molar-refractivity contribution in [1.82, 2.24) is 15.2 Å². The van der Waals surface area contributed by atoms with Crippen LogP contribution in [0.25, 0.3) is 0 Å². The number of nitrogens with one attached hydrogen (secondary N) is 1. The molecule has 1 saturated heterocycles. The van der Waals surface area contributed by atoms with E-state index in [-0.39, 0.29) is 24.2 Å². The van der Waals surface area contributed by atoms with Crippen LogP contribution in [0.2, 0.25) is 0 Å². The predicted molar refractivity (Wildman–Crippen MR) is 106 cm³/mol. The Balaban J connectivity index is 1.99. The summed E-state index contributed by atoms with van der Waals surface area (Å²) in [7, 11) is 0. The lowest BCUT2D eigenvalue weighted by molar-refractivity contribution is -0.00522. The molecular weight excluding hydrogens is 328 g/mol. The van der Waals surface area contributed by atoms with Gasteiger partial charge >= 0.3 is 0 Å². The van der Waals surface area contributed by atoms with Crippen molar-refractivity contribution in [2.24, 2.45) is 0 Å². The molecule has 1 aliphatic rings. The fraction of sp³-hybridized carbons (Fsp3) is 0.700. The number of morpholine rings is 1. The third-order valence-corrected chi connectivity index (χ3v) is 4.66. The molecule has 0 aromatic carbocycles. The van der Waals surface area contributed by atoms with Crippen LogP contribution in [0.4, 0.5) is 5.69 Å². The van der Waals surface area contributed by atoms with E-state index in [1.165, 1.54) is 0 Å². The molecule has 0 unspecified atom stereocenters. The highest BCUT2D eigenvalue weighted by atomic mass is 16.5. The molecule has 26 heavy (non-hydrogen) atoms. The van der Waals surface area contributed by atoms with E-state index in [1.54, 1.807) is 6.20 Å². The Hall–Kier alpha value is -1.66. The molecule has 0 spiro atoms. The summed E-state index contributed by atoms with van der Waals surface area (Å²) in [6.07, 6.45) is 3.20. The normalized spacial score (nSPS) is 21.7. The molecule has 1 amide bonds. The van der Waals surface area contributed by atoms with E-state index in [0.29, 0.717) is 5.69 Å². The summed E-state index contributed by atoms with van der Waals surface area (Å²) in [6, 6.07) is 3.93. The number of carbonyl (C=O) groups excluding carboxylic acids is 1. The summed E-state index contributed by atoms with van der Waals surface area (Å²) in [5.41, 5.74) is 1.50. The van der Waals surface area contributed by atoms with Gasteiger partial charge in [0.2, 0.25) is 0 Å². The molecule has 6 nitrogen and oxygen atoms in total. The van der Waals surface area contributed by atoms with Gasteiger partial charge in [-0.25, -0.2) is 0 Å². The zero-order chi connectivity index (χ0) is 19.1. The summed E-state index contributed by atoms with van der Waals surface area (Å²) in [6.45, 7) is 15.1. The molecule has 1 aliphatic heterocycles. The van der Waals surface area contributed by atoms with Crippen LogP contribution in [0.15, 0.2) is 18.3 Å². The van der Waals surface area contributed by atoms with E-state index in [2.05, 4.69) is 47.8 Å². The number of anilines is 1. The van der Waals surface area contributed by atoms with Gasteiger partial charge in [0.05, 0.1) is 12.2 Å². The van der Waals surface area contributed by atoms with E-state index >= 15 is 0 Å². The Morgan fingerprint density at radius 1 is 1.38 bits per heavy atom. The smallest absolute Gasteiger partial charge is 0.270 e. The molecule has 0 radical (unpaired) electrons. The van der Waals surface area contributed by atoms with E-state index in [9.17, 15) is 4.79 Å². The molecule has 2 heterocycles. The minimum absolute atomic E-state index is 0.0860. The van der Waals surface area contributed by atoms with Crippen molar-refractivity contribution in [3.63, 3.8) is 0 Å². The second-order valence-corrected chi connectivity index (χ2v) is 7.33. The predicted octanol–water partition coefficient (Wildman–Crippen LogP) is 2.55. The fourth-order valence-corrected chi connectivity index (χ4v) is 3.55. The second kappa shape index (κ2) is 9.88. The van der Waals surface area contributed by atoms with Gasteiger partial charge in [-0.1, -0.05) is 13.8 Å². The maximum absolute atomic E-state index is 12.6. The molecular formula is C20H34N4O2. The minimum atomic E-state index is -0.110. The number of aromatic nitrogens is 1. The number of likely N-dealkylation sites (N-methyl/N-ethyl adjacent to an activating group) is 1. The third kappa shape index (κ3) is 5.95. The van der Waals surface area contributed by atoms with E-state index in [4.69, 9.17) is 4.74 Å². The van der Waals surface area contributed by atoms with Crippen LogP contribution in [-0.4, -0.2) is 66.8 Å². The molecule has 3 atom stereocenters. The number of ether oxygens (including phenoxy) is 1. The Labute approximate surface area is 157 Å². The Morgan fingerprint density at radius 3 is 2.69 bits per heavy atom. The standard InChI is InChI=1S/C20H34N4O2/c1-6-10-23(7-2)12-15(3)22-20(25)19-11-18(8-9-21-19)24-13-16(4)26-17(5)14-24/h8-9,11,15-17H,6-7,10,12-14H2,1-5H3,(H,22,25)/t15-,16-,17+/m1/s1. The summed E-state index contributed by atoms with van der Waals surface area (Å²) in [5.74, 6) is -0.110. The molecule has 1 aromatic heterocycles. The number of hydrogen-bond donors (Lipinski definition) is 1. The Kier molecular flexibility index (Phi) is 7.85. The molecule has 1 aromatic rings. The lowest BCUT2D eigenvalue weighted by Crippen LogP contribution is -2.45. The second-order valence-electron chi connectivity index (χ2n) is 7.33. The van der Waals surface area contributed by atoms with Gasteiger partial charge in [0, 0.05) is 37.6 Å². The van der Waals surface area contributed by atoms with Crippen molar-refractivity contribution in [3.05, 3.63) is 24.0 Å². The first kappa shape index (κ1) is 20.6. The third-order valence-electron chi connectivity index (χ3n) is 4.66. The quantitative estimate of drug-likeness (QED) is 0.770. The number of carbonyl (C=O) groups is 1. The maximum atomic E-state index is 12.6. The number of hydrogen-bond acceptors (Lipinski definition) is 5. The molecule has 146 valence electrons. The number of nitrogens with zero attached hydrogens (tertiary/aromatic N) is 3. The van der Waals surface area contributed by atoms with Gasteiger partial charge in [-0.15, -0.1) is 0 Å². The maximum Gasteiger partial charge on any atom is 0.270 e. The molecule has 2 rings (SSSR count). The van der Waals surface area contributed by atoms with Crippen molar-refractivity contribution in [2.45, 2.75) is 59.3 Å². The fourth-order valence-electron chi connectivity index (χ4n) is 3.55. The Bertz CT molecular complexity index is 571. The first-order valence-electron chi connectivity index (χ1n) is 9.82. The zero-order valence-corrected chi connectivity index (χ0v) is 16.9. The zero-order valence-electron chi connectivity index (χ0n) is 16.9. The highest BCUT2D eigenvalue weighted by Gasteiger charge is 2.23. The van der Waals surface area contributed by atoms with Crippen molar-refractivity contribution in [2.75, 3.05) is 37.6 Å². The van der Waals surface area contributed by atoms with Crippen LogP contribution in [0.3, 0.4) is 0 Å². The lowest BCUT2D eigenvalue weighted by Gasteiger charge is -2.36. The van der Waals surface area contributed by atoms with Gasteiger partial charge < -0.3 is 19.9 Å². The van der Waals surface area contributed by atoms with Crippen LogP contribution in [-0.2, 0) is 4.74 Å². The van der Waals surface area contributed by atoms with Crippen molar-refractivity contribution < 1.29 is 9.53 Å². The Morgan fingerprint density at radius 2 is 2.08 bits per heavy atom. The topological polar surface area (TPSA) is 57.7 Å². The van der Waals surface area contributed by atoms with Crippen LogP contribution in [0, 0.1) is 0 Å². The van der Waals surface area contributed by atoms with Crippen molar-refractivity contribution >= 4 is 11.6 Å². The highest BCUT2D eigenvalue weighted by molar-refractivity contribution is 5.93. The van der Waals surface area contributed by atoms with Gasteiger partial charge in [0.25, 0.3) is 5.91 Å². The molecule has 6 heteroatoms. The van der Waals surface area contributed by atoms with Crippen LogP contribution >= 0.6 is 0 Å². The first-order valence-corrected chi connectivity index (χ1v) is 9.82.